The van der Waals surface area contributed by atoms with Crippen molar-refractivity contribution in [2.45, 2.75) is 13.5 Å². The molecule has 0 saturated carbocycles. The fourth-order valence-corrected chi connectivity index (χ4v) is 1.48. The first-order valence-electron chi connectivity index (χ1n) is 4.96. The Labute approximate surface area is 103 Å². The third-order valence-electron chi connectivity index (χ3n) is 2.16. The highest BCUT2D eigenvalue weighted by Gasteiger charge is 2.03. The van der Waals surface area contributed by atoms with E-state index in [1.165, 1.54) is 0 Å². The van der Waals surface area contributed by atoms with Crippen LogP contribution in [-0.2, 0) is 6.54 Å². The lowest BCUT2D eigenvalue weighted by Crippen LogP contribution is -2.08. The molecule has 0 spiro atoms. The lowest BCUT2D eigenvalue weighted by Gasteiger charge is -2.06. The van der Waals surface area contributed by atoms with Gasteiger partial charge in [-0.05, 0) is 30.2 Å². The molecule has 0 atom stereocenters. The molecular weight excluding hydrogens is 240 g/mol. The van der Waals surface area contributed by atoms with Crippen LogP contribution in [0.2, 0.25) is 5.28 Å². The van der Waals surface area contributed by atoms with Crippen LogP contribution in [0.5, 0.6) is 0 Å². The van der Waals surface area contributed by atoms with E-state index in [2.05, 4.69) is 25.3 Å². The number of nitrogens with zero attached hydrogens (tertiary/aromatic N) is 4. The minimum atomic E-state index is 0.0674. The van der Waals surface area contributed by atoms with Crippen LogP contribution in [0.15, 0.2) is 18.3 Å². The fourth-order valence-electron chi connectivity index (χ4n) is 1.31. The summed E-state index contributed by atoms with van der Waals surface area (Å²) in [7, 11) is 0. The number of nitrogens with two attached hydrogens (primary N) is 1. The van der Waals surface area contributed by atoms with E-state index in [-0.39, 0.29) is 11.2 Å². The van der Waals surface area contributed by atoms with E-state index in [9.17, 15) is 0 Å². The number of halogens is 1. The number of hydrogen-bond acceptors (Lipinski definition) is 6. The van der Waals surface area contributed by atoms with E-state index in [0.717, 1.165) is 11.3 Å². The monoisotopic (exact) mass is 250 g/mol. The molecule has 0 aliphatic carbocycles. The molecule has 0 radical (unpaired) electrons. The Bertz CT molecular complexity index is 510. The minimum absolute atomic E-state index is 0.0674. The second kappa shape index (κ2) is 4.92. The van der Waals surface area contributed by atoms with Crippen molar-refractivity contribution in [3.8, 4) is 0 Å². The summed E-state index contributed by atoms with van der Waals surface area (Å²) in [6.45, 7) is 2.49. The van der Waals surface area contributed by atoms with Gasteiger partial charge in [-0.15, -0.1) is 0 Å². The van der Waals surface area contributed by atoms with E-state index < -0.39 is 0 Å². The molecule has 2 heterocycles. The summed E-state index contributed by atoms with van der Waals surface area (Å²) < 4.78 is 0. The lowest BCUT2D eigenvalue weighted by atomic mass is 10.2. The predicted molar refractivity (Wildman–Crippen MR) is 65.6 cm³/mol. The van der Waals surface area contributed by atoms with Gasteiger partial charge in [0.15, 0.2) is 0 Å². The van der Waals surface area contributed by atoms with Crippen LogP contribution in [-0.4, -0.2) is 19.9 Å². The molecule has 3 N–H and O–H groups in total. The van der Waals surface area contributed by atoms with Gasteiger partial charge in [-0.1, -0.05) is 6.07 Å². The van der Waals surface area contributed by atoms with Gasteiger partial charge in [-0.3, -0.25) is 4.98 Å². The second-order valence-electron chi connectivity index (χ2n) is 3.41. The largest absolute Gasteiger partial charge is 0.368 e. The number of anilines is 2. The zero-order valence-corrected chi connectivity index (χ0v) is 9.94. The van der Waals surface area contributed by atoms with Crippen LogP contribution in [0.4, 0.5) is 11.9 Å². The van der Waals surface area contributed by atoms with Gasteiger partial charge < -0.3 is 11.1 Å². The summed E-state index contributed by atoms with van der Waals surface area (Å²) in [6, 6.07) is 3.87. The number of aryl methyl sites for hydroxylation is 1. The quantitative estimate of drug-likeness (QED) is 0.856. The molecule has 0 amide bonds. The van der Waals surface area contributed by atoms with Gasteiger partial charge in [0.2, 0.25) is 17.2 Å². The van der Waals surface area contributed by atoms with Crippen molar-refractivity contribution in [2.24, 2.45) is 0 Å². The standard InChI is InChI=1S/C10H11ClN6/c1-6-3-2-4-13-7(6)5-14-10-16-8(11)15-9(12)17-10/h2-4H,5H2,1H3,(H3,12,14,15,16,17). The summed E-state index contributed by atoms with van der Waals surface area (Å²) in [5.41, 5.74) is 7.47. The van der Waals surface area contributed by atoms with Crippen molar-refractivity contribution >= 4 is 23.5 Å². The van der Waals surface area contributed by atoms with Gasteiger partial charge in [0.25, 0.3) is 0 Å². The Morgan fingerprint density at radius 2 is 2.18 bits per heavy atom. The van der Waals surface area contributed by atoms with E-state index in [0.29, 0.717) is 12.5 Å². The zero-order valence-electron chi connectivity index (χ0n) is 9.18. The average Bonchev–Trinajstić information content (AvgIpc) is 2.27. The zero-order chi connectivity index (χ0) is 12.3. The smallest absolute Gasteiger partial charge is 0.229 e. The molecule has 7 heteroatoms. The highest BCUT2D eigenvalue weighted by atomic mass is 35.5. The molecule has 0 unspecified atom stereocenters. The van der Waals surface area contributed by atoms with Crippen LogP contribution in [0.1, 0.15) is 11.3 Å². The van der Waals surface area contributed by atoms with Gasteiger partial charge in [0.05, 0.1) is 12.2 Å². The highest BCUT2D eigenvalue weighted by Crippen LogP contribution is 2.09. The maximum absolute atomic E-state index is 5.67. The fraction of sp³-hybridized carbons (Fsp3) is 0.200. The van der Waals surface area contributed by atoms with E-state index >= 15 is 0 Å². The van der Waals surface area contributed by atoms with E-state index in [1.54, 1.807) is 6.20 Å². The summed E-state index contributed by atoms with van der Waals surface area (Å²) in [5, 5.41) is 3.06. The van der Waals surface area contributed by atoms with Gasteiger partial charge in [0, 0.05) is 6.20 Å². The van der Waals surface area contributed by atoms with Crippen LogP contribution in [0, 0.1) is 6.92 Å². The summed E-state index contributed by atoms with van der Waals surface area (Å²) in [4.78, 5) is 15.7. The van der Waals surface area contributed by atoms with Crippen molar-refractivity contribution in [1.29, 1.82) is 0 Å². The third-order valence-corrected chi connectivity index (χ3v) is 2.33. The molecule has 6 nitrogen and oxygen atoms in total. The van der Waals surface area contributed by atoms with Crippen molar-refractivity contribution in [3.05, 3.63) is 34.9 Å². The molecule has 0 aromatic carbocycles. The Hall–Kier alpha value is -1.95. The molecule has 2 aromatic rings. The number of rotatable bonds is 3. The predicted octanol–water partition coefficient (Wildman–Crippen LogP) is 1.42. The normalized spacial score (nSPS) is 10.2. The van der Waals surface area contributed by atoms with E-state index in [1.807, 2.05) is 19.1 Å². The number of hydrogen-bond donors (Lipinski definition) is 2. The van der Waals surface area contributed by atoms with Crippen molar-refractivity contribution in [1.82, 2.24) is 19.9 Å². The molecule has 0 fully saturated rings. The maximum Gasteiger partial charge on any atom is 0.229 e. The molecule has 0 bridgehead atoms. The number of aromatic nitrogens is 4. The molecular formula is C10H11ClN6. The van der Waals surface area contributed by atoms with Gasteiger partial charge in [0.1, 0.15) is 0 Å². The summed E-state index contributed by atoms with van der Waals surface area (Å²) in [6.07, 6.45) is 1.73. The topological polar surface area (TPSA) is 89.6 Å². The Morgan fingerprint density at radius 1 is 1.35 bits per heavy atom. The molecule has 0 saturated heterocycles. The molecule has 0 aliphatic heterocycles. The lowest BCUT2D eigenvalue weighted by molar-refractivity contribution is 0.967. The van der Waals surface area contributed by atoms with Gasteiger partial charge in [-0.25, -0.2) is 0 Å². The molecule has 0 aliphatic rings. The van der Waals surface area contributed by atoms with Crippen LogP contribution < -0.4 is 11.1 Å². The minimum Gasteiger partial charge on any atom is -0.368 e. The summed E-state index contributed by atoms with van der Waals surface area (Å²) >= 11 is 5.67. The van der Waals surface area contributed by atoms with Crippen LogP contribution in [0.25, 0.3) is 0 Å². The molecule has 2 rings (SSSR count). The molecule has 2 aromatic heterocycles. The Morgan fingerprint density at radius 3 is 2.88 bits per heavy atom. The van der Waals surface area contributed by atoms with E-state index in [4.69, 9.17) is 17.3 Å². The highest BCUT2D eigenvalue weighted by molar-refractivity contribution is 6.28. The van der Waals surface area contributed by atoms with Crippen LogP contribution >= 0.6 is 11.6 Å². The first-order valence-corrected chi connectivity index (χ1v) is 5.34. The average molecular weight is 251 g/mol. The SMILES string of the molecule is Cc1cccnc1CNc1nc(N)nc(Cl)n1. The van der Waals surface area contributed by atoms with Crippen molar-refractivity contribution in [2.75, 3.05) is 11.1 Å². The second-order valence-corrected chi connectivity index (χ2v) is 3.74. The Kier molecular flexibility index (Phi) is 3.34. The number of nitrogens with one attached hydrogen (secondary N) is 1. The van der Waals surface area contributed by atoms with Gasteiger partial charge in [-0.2, -0.15) is 15.0 Å². The third kappa shape index (κ3) is 3.01. The van der Waals surface area contributed by atoms with Crippen LogP contribution in [0.3, 0.4) is 0 Å². The molecule has 88 valence electrons. The first kappa shape index (κ1) is 11.5. The number of nitrogen functional groups attached to an aromatic ring is 1. The molecule has 17 heavy (non-hydrogen) atoms. The Balaban J connectivity index is 2.10. The van der Waals surface area contributed by atoms with Crippen molar-refractivity contribution < 1.29 is 0 Å². The van der Waals surface area contributed by atoms with Gasteiger partial charge >= 0.3 is 0 Å². The maximum atomic E-state index is 5.67. The first-order chi connectivity index (χ1) is 8.15. The summed E-state index contributed by atoms with van der Waals surface area (Å²) in [5.74, 6) is 0.429. The number of pyridine rings is 1. The van der Waals surface area contributed by atoms with Crippen molar-refractivity contribution in [3.63, 3.8) is 0 Å².